The van der Waals surface area contributed by atoms with Crippen LogP contribution in [0.2, 0.25) is 0 Å². The van der Waals surface area contributed by atoms with Gasteiger partial charge in [0.05, 0.1) is 17.3 Å². The fraction of sp³-hybridized carbons (Fsp3) is 0.783. The van der Waals surface area contributed by atoms with Crippen molar-refractivity contribution in [1.82, 2.24) is 26.6 Å². The highest BCUT2D eigenvalue weighted by Crippen LogP contribution is 2.05. The fourth-order valence-electron chi connectivity index (χ4n) is 1.78. The van der Waals surface area contributed by atoms with Crippen LogP contribution in [0.1, 0.15) is 46.0 Å². The lowest BCUT2D eigenvalue weighted by molar-refractivity contribution is -0.121. The summed E-state index contributed by atoms with van der Waals surface area (Å²) in [6.07, 6.45) is 10.7. The first-order valence-corrected chi connectivity index (χ1v) is 15.3. The molecule has 0 fully saturated rings. The van der Waals surface area contributed by atoms with E-state index in [1.807, 2.05) is 18.8 Å². The molecule has 0 aromatic rings. The van der Waals surface area contributed by atoms with Crippen LogP contribution in [0.4, 0.5) is 0 Å². The molecule has 0 spiro atoms. The summed E-state index contributed by atoms with van der Waals surface area (Å²) in [7, 11) is 8.21. The van der Waals surface area contributed by atoms with Gasteiger partial charge in [-0.15, -0.1) is 0 Å². The van der Waals surface area contributed by atoms with Crippen molar-refractivity contribution < 1.29 is 24.0 Å². The average molecular weight is 574 g/mol. The smallest absolute Gasteiger partial charge is 0.229 e. The normalized spacial score (nSPS) is 8.56. The van der Waals surface area contributed by atoms with Gasteiger partial charge in [-0.2, -0.15) is 35.3 Å². The van der Waals surface area contributed by atoms with E-state index in [2.05, 4.69) is 26.6 Å². The van der Waals surface area contributed by atoms with E-state index in [1.165, 1.54) is 35.3 Å². The molecule has 216 valence electrons. The van der Waals surface area contributed by atoms with Gasteiger partial charge in [0.25, 0.3) is 0 Å². The zero-order valence-corrected chi connectivity index (χ0v) is 25.1. The average Bonchev–Trinajstić information content (AvgIpc) is 2.87. The summed E-state index contributed by atoms with van der Waals surface area (Å²) in [5, 5.41) is 12.7. The summed E-state index contributed by atoms with van der Waals surface area (Å²) in [4.78, 5) is 52.5. The van der Waals surface area contributed by atoms with Crippen LogP contribution in [0.25, 0.3) is 0 Å². The molecule has 0 rings (SSSR count). The summed E-state index contributed by atoms with van der Waals surface area (Å²) in [5.74, 6) is 2.16. The number of carbonyl (C=O) groups is 5. The van der Waals surface area contributed by atoms with E-state index in [0.717, 1.165) is 25.7 Å². The lowest BCUT2D eigenvalue weighted by Crippen LogP contribution is -2.19. The molecule has 0 saturated carbocycles. The van der Waals surface area contributed by atoms with Crippen molar-refractivity contribution in [3.8, 4) is 0 Å². The van der Waals surface area contributed by atoms with Crippen LogP contribution in [-0.4, -0.2) is 101 Å². The van der Waals surface area contributed by atoms with Crippen molar-refractivity contribution in [2.45, 2.75) is 46.0 Å². The molecule has 0 unspecified atom stereocenters. The second-order valence-electron chi connectivity index (χ2n) is 6.58. The molecule has 0 aromatic carbocycles. The quantitative estimate of drug-likeness (QED) is 0.210. The third kappa shape index (κ3) is 45.8. The third-order valence-electron chi connectivity index (χ3n) is 3.78. The Hall–Kier alpha value is -1.60. The minimum Gasteiger partial charge on any atom is -0.359 e. The van der Waals surface area contributed by atoms with Crippen LogP contribution < -0.4 is 26.6 Å². The molecule has 0 aliphatic heterocycles. The van der Waals surface area contributed by atoms with Crippen molar-refractivity contribution in [1.29, 1.82) is 0 Å². The standard InChI is InChI=1S/C10H20N2O2.3C4H9NOS.CH4/c1-11-9(13)7-5-3-4-6-8-10(14)12-2;3*1-5-4(6)3-7-2;/h3-8H2,1-2H3,(H,11,13)(H,12,14);3*3H2,1-2H3,(H,5,6);1H4. The van der Waals surface area contributed by atoms with Gasteiger partial charge in [-0.3, -0.25) is 24.0 Å². The molecule has 5 N–H and O–H groups in total. The summed E-state index contributed by atoms with van der Waals surface area (Å²) in [6.45, 7) is 0. The Bertz CT molecular complexity index is 493. The topological polar surface area (TPSA) is 146 Å². The highest BCUT2D eigenvalue weighted by atomic mass is 32.2. The maximum Gasteiger partial charge on any atom is 0.229 e. The van der Waals surface area contributed by atoms with Crippen molar-refractivity contribution in [3.05, 3.63) is 0 Å². The lowest BCUT2D eigenvalue weighted by Gasteiger charge is -2.01. The van der Waals surface area contributed by atoms with E-state index in [4.69, 9.17) is 0 Å². The Labute approximate surface area is 232 Å². The highest BCUT2D eigenvalue weighted by molar-refractivity contribution is 7.99. The first-order valence-electron chi connectivity index (χ1n) is 11.1. The Morgan fingerprint density at radius 2 is 0.667 bits per heavy atom. The molecular formula is C23H51N5O5S3. The van der Waals surface area contributed by atoms with Crippen molar-refractivity contribution in [2.24, 2.45) is 0 Å². The number of nitrogens with one attached hydrogen (secondary N) is 5. The van der Waals surface area contributed by atoms with E-state index in [0.29, 0.717) is 30.1 Å². The maximum atomic E-state index is 10.8. The number of thioether (sulfide) groups is 3. The number of carbonyl (C=O) groups excluding carboxylic acids is 5. The van der Waals surface area contributed by atoms with Crippen LogP contribution >= 0.6 is 35.3 Å². The van der Waals surface area contributed by atoms with E-state index < -0.39 is 0 Å². The molecular weight excluding hydrogens is 522 g/mol. The molecule has 0 saturated heterocycles. The van der Waals surface area contributed by atoms with Crippen LogP contribution in [-0.2, 0) is 24.0 Å². The molecule has 0 aliphatic rings. The Morgan fingerprint density at radius 1 is 0.444 bits per heavy atom. The predicted molar refractivity (Wildman–Crippen MR) is 160 cm³/mol. The van der Waals surface area contributed by atoms with Gasteiger partial charge >= 0.3 is 0 Å². The van der Waals surface area contributed by atoms with Crippen LogP contribution in [0.5, 0.6) is 0 Å². The molecule has 0 aromatic heterocycles. The van der Waals surface area contributed by atoms with Gasteiger partial charge in [-0.25, -0.2) is 0 Å². The number of hydrogen-bond acceptors (Lipinski definition) is 8. The number of hydrogen-bond donors (Lipinski definition) is 5. The van der Waals surface area contributed by atoms with E-state index in [9.17, 15) is 24.0 Å². The predicted octanol–water partition coefficient (Wildman–Crippen LogP) is 1.74. The summed E-state index contributed by atoms with van der Waals surface area (Å²) in [6, 6.07) is 0. The van der Waals surface area contributed by atoms with Gasteiger partial charge in [-0.05, 0) is 31.6 Å². The van der Waals surface area contributed by atoms with Gasteiger partial charge < -0.3 is 26.6 Å². The number of unbranched alkanes of at least 4 members (excludes halogenated alkanes) is 3. The zero-order valence-electron chi connectivity index (χ0n) is 22.6. The van der Waals surface area contributed by atoms with Gasteiger partial charge in [0.15, 0.2) is 0 Å². The van der Waals surface area contributed by atoms with Crippen LogP contribution in [0.3, 0.4) is 0 Å². The van der Waals surface area contributed by atoms with Gasteiger partial charge in [0.1, 0.15) is 0 Å². The number of amides is 5. The molecule has 0 atom stereocenters. The van der Waals surface area contributed by atoms with E-state index in [-0.39, 0.29) is 37.0 Å². The molecule has 10 nitrogen and oxygen atoms in total. The van der Waals surface area contributed by atoms with Crippen molar-refractivity contribution >= 4 is 64.8 Å². The van der Waals surface area contributed by atoms with Crippen molar-refractivity contribution in [2.75, 3.05) is 71.3 Å². The Balaban J connectivity index is -0.000000125. The fourth-order valence-corrected chi connectivity index (χ4v) is 3.00. The van der Waals surface area contributed by atoms with Crippen molar-refractivity contribution in [3.63, 3.8) is 0 Å². The van der Waals surface area contributed by atoms with E-state index >= 15 is 0 Å². The molecule has 0 aliphatic carbocycles. The second-order valence-corrected chi connectivity index (χ2v) is 9.18. The minimum atomic E-state index is 0. The molecule has 0 bridgehead atoms. The van der Waals surface area contributed by atoms with Gasteiger partial charge in [0.2, 0.25) is 29.5 Å². The zero-order chi connectivity index (χ0) is 27.9. The third-order valence-corrected chi connectivity index (χ3v) is 5.43. The largest absolute Gasteiger partial charge is 0.359 e. The molecule has 0 radical (unpaired) electrons. The molecule has 0 heterocycles. The molecule has 36 heavy (non-hydrogen) atoms. The lowest BCUT2D eigenvalue weighted by atomic mass is 10.1. The molecule has 13 heteroatoms. The van der Waals surface area contributed by atoms with Crippen LogP contribution in [0, 0.1) is 0 Å². The number of rotatable bonds is 13. The Morgan fingerprint density at radius 3 is 0.806 bits per heavy atom. The van der Waals surface area contributed by atoms with Crippen LogP contribution in [0.15, 0.2) is 0 Å². The van der Waals surface area contributed by atoms with E-state index in [1.54, 1.807) is 35.2 Å². The molecule has 5 amide bonds. The summed E-state index contributed by atoms with van der Waals surface area (Å²) < 4.78 is 0. The first kappa shape index (κ1) is 44.4. The summed E-state index contributed by atoms with van der Waals surface area (Å²) >= 11 is 4.57. The highest BCUT2D eigenvalue weighted by Gasteiger charge is 1.99. The van der Waals surface area contributed by atoms with Gasteiger partial charge in [0, 0.05) is 48.1 Å². The first-order chi connectivity index (χ1) is 16.6. The minimum absolute atomic E-state index is 0. The Kier molecular flexibility index (Phi) is 46.8. The monoisotopic (exact) mass is 573 g/mol. The summed E-state index contributed by atoms with van der Waals surface area (Å²) in [5.41, 5.74) is 0. The SMILES string of the molecule is C.CNC(=O)CCCCCCC(=O)NC.CNC(=O)CSC.CNC(=O)CSC.CNC(=O)CSC. The maximum absolute atomic E-state index is 10.8. The van der Waals surface area contributed by atoms with Gasteiger partial charge in [-0.1, -0.05) is 20.3 Å². The second kappa shape index (κ2) is 37.9.